The quantitative estimate of drug-likeness (QED) is 0.0164. The molecule has 0 bridgehead atoms. The molecule has 0 aromatic rings. The molecule has 44 heteroatoms. The lowest BCUT2D eigenvalue weighted by atomic mass is 9.69. The Labute approximate surface area is 742 Å². The molecule has 12 rings (SSSR count). The van der Waals surface area contributed by atoms with E-state index < -0.39 is 159 Å². The van der Waals surface area contributed by atoms with Gasteiger partial charge in [-0.05, 0) is 204 Å². The summed E-state index contributed by atoms with van der Waals surface area (Å²) >= 11 is 0. The van der Waals surface area contributed by atoms with Gasteiger partial charge in [0.1, 0.15) is 26.4 Å². The topological polar surface area (TPSA) is 533 Å². The Morgan fingerprint density at radius 2 is 0.496 bits per heavy atom. The molecule has 12 fully saturated rings. The van der Waals surface area contributed by atoms with Gasteiger partial charge in [0.05, 0.1) is 69.2 Å². The summed E-state index contributed by atoms with van der Waals surface area (Å²) in [5, 5.41) is 59.6. The Hall–Kier alpha value is -3.52. The summed E-state index contributed by atoms with van der Waals surface area (Å²) in [6.07, 6.45) is 29.9. The molecular weight excluding hydrogens is 1790 g/mol. The Bertz CT molecular complexity index is 3660. The largest absolute Gasteiger partial charge is 0.743 e. The standard InChI is InChI=1S/C18H28F2O8S.C14H22F2O7S.C11H18F2O6S.C10H16F2O6S.5C6H12O/c1-11(18(19,20)29(24,25)26)28-12(21)10-27-15-13(16(22)6-2-3-7-16)14(15)17(23)8-4-5-9-17;1-9(14(15,16)24(19,20)21)23-12(17)8-22-11-5-4-10(11)13(18)6-2-3-7-13;1-8(11(12,13)20(15,16)17)19-10(14)7-18-9-5-3-2-4-6-9;1-7(10(11,12)19(14,15)16)18-9(13)6-17-8-4-2-3-5-8;5*1-6(7)4-2-3-5-6/h11,13-15,22-23H,2-10H2,1H3,(H,24,25,26);9-11,18H,2-8H2,1H3,(H,19,20,21);8-9H,2-7H2,1H3,(H,15,16,17);7-8H,2-6H2,1H3,(H,14,15,16);5*7H,2-5H2,1H3/p-4. The van der Waals surface area contributed by atoms with Crippen molar-refractivity contribution in [3.63, 3.8) is 0 Å². The van der Waals surface area contributed by atoms with Crippen LogP contribution in [-0.2, 0) is 97.5 Å². The maximum Gasteiger partial charge on any atom is 0.370 e. The fourth-order valence-electron chi connectivity index (χ4n) is 17.7. The van der Waals surface area contributed by atoms with Crippen LogP contribution in [0, 0.1) is 17.8 Å². The second kappa shape index (κ2) is 48.8. The molecule has 0 heterocycles. The van der Waals surface area contributed by atoms with E-state index in [1.807, 2.05) is 34.6 Å². The monoisotopic (exact) mass is 1930 g/mol. The molecule has 32 nitrogen and oxygen atoms in total. The van der Waals surface area contributed by atoms with Crippen LogP contribution in [0.15, 0.2) is 0 Å². The molecule has 8 N–H and O–H groups in total. The zero-order chi connectivity index (χ0) is 96.6. The van der Waals surface area contributed by atoms with Gasteiger partial charge in [0, 0.05) is 17.8 Å². The van der Waals surface area contributed by atoms with Crippen molar-refractivity contribution < 1.29 is 185 Å². The third kappa shape index (κ3) is 37.9. The Morgan fingerprint density at radius 1 is 0.299 bits per heavy atom. The van der Waals surface area contributed by atoms with Crippen molar-refractivity contribution in [1.82, 2.24) is 0 Å². The van der Waals surface area contributed by atoms with E-state index in [0.717, 1.165) is 167 Å². The van der Waals surface area contributed by atoms with Crippen LogP contribution >= 0.6 is 0 Å². The average Bonchev–Trinajstić information content (AvgIpc) is 1.54. The number of alkyl halides is 8. The van der Waals surface area contributed by atoms with Crippen LogP contribution in [0.2, 0.25) is 0 Å². The minimum Gasteiger partial charge on any atom is -0.743 e. The predicted molar refractivity (Wildman–Crippen MR) is 437 cm³/mol. The van der Waals surface area contributed by atoms with E-state index in [2.05, 4.69) is 18.9 Å². The van der Waals surface area contributed by atoms with Crippen molar-refractivity contribution in [3.8, 4) is 0 Å². The second-order valence-corrected chi connectivity index (χ2v) is 43.5. The van der Waals surface area contributed by atoms with Crippen molar-refractivity contribution in [2.45, 2.75) is 453 Å². The molecule has 8 atom stereocenters. The van der Waals surface area contributed by atoms with Crippen molar-refractivity contribution in [2.24, 2.45) is 17.8 Å². The summed E-state index contributed by atoms with van der Waals surface area (Å²) in [6.45, 7) is 9.64. The highest BCUT2D eigenvalue weighted by atomic mass is 32.2. The van der Waals surface area contributed by atoms with Gasteiger partial charge in [-0.2, -0.15) is 35.1 Å². The zero-order valence-corrected chi connectivity index (χ0v) is 77.9. The van der Waals surface area contributed by atoms with E-state index in [0.29, 0.717) is 72.6 Å². The first kappa shape index (κ1) is 116. The Morgan fingerprint density at radius 3 is 0.693 bits per heavy atom. The van der Waals surface area contributed by atoms with Crippen molar-refractivity contribution in [2.75, 3.05) is 26.4 Å². The van der Waals surface area contributed by atoms with E-state index >= 15 is 0 Å². The summed E-state index contributed by atoms with van der Waals surface area (Å²) in [4.78, 5) is 45.9. The lowest BCUT2D eigenvalue weighted by Gasteiger charge is -2.45. The third-order valence-electron chi connectivity index (χ3n) is 25.9. The molecule has 0 radical (unpaired) electrons. The van der Waals surface area contributed by atoms with Crippen LogP contribution in [0.3, 0.4) is 0 Å². The summed E-state index contributed by atoms with van der Waals surface area (Å²) in [5.74, 6) is -5.50. The molecule has 12 aliphatic rings. The lowest BCUT2D eigenvalue weighted by molar-refractivity contribution is -0.178. The number of carbonyl (C=O) groups excluding carboxylic acids is 4. The first-order valence-corrected chi connectivity index (χ1v) is 50.1. The van der Waals surface area contributed by atoms with Gasteiger partial charge in [0.2, 0.25) is 0 Å². The molecule has 0 aromatic heterocycles. The number of esters is 4. The summed E-state index contributed by atoms with van der Waals surface area (Å²) in [7, 11) is -23.7. The van der Waals surface area contributed by atoms with Gasteiger partial charge >= 0.3 is 44.9 Å². The van der Waals surface area contributed by atoms with E-state index in [9.17, 15) is 147 Å². The van der Waals surface area contributed by atoms with E-state index in [1.54, 1.807) is 0 Å². The minimum absolute atomic E-state index is 0.103. The predicted octanol–water partition coefficient (Wildman–Crippen LogP) is 11.4. The molecule has 8 unspecified atom stereocenters. The Kier molecular flexibility index (Phi) is 44.5. The highest BCUT2D eigenvalue weighted by Gasteiger charge is 2.69. The molecule has 0 amide bonds. The van der Waals surface area contributed by atoms with Gasteiger partial charge in [0.15, 0.2) is 64.9 Å². The van der Waals surface area contributed by atoms with E-state index in [1.165, 1.54) is 64.2 Å². The molecule has 0 saturated heterocycles. The van der Waals surface area contributed by atoms with E-state index in [4.69, 9.17) is 18.9 Å². The van der Waals surface area contributed by atoms with Gasteiger partial charge in [0.25, 0.3) is 0 Å². The normalized spacial score (nSPS) is 26.4. The fraction of sp³-hybridized carbons (Fsp3) is 0.952. The number of halogens is 8. The zero-order valence-electron chi connectivity index (χ0n) is 74.6. The van der Waals surface area contributed by atoms with Crippen LogP contribution in [0.1, 0.15) is 338 Å². The first-order valence-electron chi connectivity index (χ1n) is 44.5. The molecule has 0 aromatic carbocycles. The van der Waals surface area contributed by atoms with Crippen molar-refractivity contribution >= 4 is 64.3 Å². The lowest BCUT2D eigenvalue weighted by Crippen LogP contribution is -2.50. The second-order valence-electron chi connectivity index (χ2n) is 37.7. The molecule has 127 heavy (non-hydrogen) atoms. The molecule has 748 valence electrons. The number of hydrogen-bond acceptors (Lipinski definition) is 32. The van der Waals surface area contributed by atoms with Crippen LogP contribution in [0.5, 0.6) is 0 Å². The average molecular weight is 1930 g/mol. The summed E-state index contributed by atoms with van der Waals surface area (Å²) in [6, 6.07) is 0. The molecular formula is C83H140F8O32S4-4. The van der Waals surface area contributed by atoms with Crippen LogP contribution in [0.4, 0.5) is 35.1 Å². The Balaban J connectivity index is 0.000000316. The fourth-order valence-corrected chi connectivity index (χ4v) is 19.6. The van der Waals surface area contributed by atoms with Gasteiger partial charge in [-0.25, -0.2) is 52.8 Å². The number of aliphatic hydroxyl groups is 8. The minimum atomic E-state index is -5.99. The third-order valence-corrected chi connectivity index (χ3v) is 29.9. The smallest absolute Gasteiger partial charge is 0.370 e. The number of rotatable bonds is 27. The first-order chi connectivity index (χ1) is 58.1. The van der Waals surface area contributed by atoms with E-state index in [-0.39, 0.29) is 64.1 Å². The van der Waals surface area contributed by atoms with Gasteiger partial charge in [-0.15, -0.1) is 0 Å². The number of hydrogen-bond donors (Lipinski definition) is 8. The molecule has 0 spiro atoms. The van der Waals surface area contributed by atoms with Crippen LogP contribution in [-0.4, -0.2) is 258 Å². The van der Waals surface area contributed by atoms with Crippen LogP contribution in [0.25, 0.3) is 0 Å². The molecule has 12 aliphatic carbocycles. The van der Waals surface area contributed by atoms with Gasteiger partial charge in [-0.3, -0.25) is 0 Å². The summed E-state index contributed by atoms with van der Waals surface area (Å²) < 4.78 is 269. The van der Waals surface area contributed by atoms with Crippen LogP contribution < -0.4 is 0 Å². The maximum absolute atomic E-state index is 13.4. The van der Waals surface area contributed by atoms with Crippen molar-refractivity contribution in [3.05, 3.63) is 0 Å². The number of carbonyl (C=O) groups is 4. The maximum atomic E-state index is 13.4. The highest BCUT2D eigenvalue weighted by Crippen LogP contribution is 2.62. The van der Waals surface area contributed by atoms with Gasteiger partial charge < -0.3 is 97.0 Å². The van der Waals surface area contributed by atoms with Crippen molar-refractivity contribution in [1.29, 1.82) is 0 Å². The SMILES string of the molecule is CC(OC(=O)COC1C(C2(O)CCCC2)C1C1(O)CCCC1)C(F)(F)S(=O)(=O)[O-].CC(OC(=O)COC1CCC1C1(O)CCCC1)C(F)(F)S(=O)(=O)[O-].CC(OC(=O)COC1CCCC1)C(F)(F)S(=O)(=O)[O-].CC(OC(=O)COC1CCCCC1)C(F)(F)S(=O)(=O)[O-].CC1(O)CCCC1.CC1(O)CCCC1.CC1(O)CCCC1.CC1(O)CCCC1.CC1(O)CCCC1. The van der Waals surface area contributed by atoms with Gasteiger partial charge in [-0.1, -0.05) is 135 Å². The molecule has 0 aliphatic heterocycles. The molecule has 12 saturated carbocycles. The highest BCUT2D eigenvalue weighted by molar-refractivity contribution is 7.87. The number of ether oxygens (including phenoxy) is 8. The summed E-state index contributed by atoms with van der Waals surface area (Å²) in [5.41, 5.74) is -4.31.